The van der Waals surface area contributed by atoms with Crippen LogP contribution in [0.4, 0.5) is 25.0 Å². The van der Waals surface area contributed by atoms with Crippen molar-refractivity contribution in [2.24, 2.45) is 0 Å². The van der Waals surface area contributed by atoms with E-state index in [4.69, 9.17) is 9.72 Å². The smallest absolute Gasteiger partial charge is 0.318 e. The molecule has 37 heavy (non-hydrogen) atoms. The van der Waals surface area contributed by atoms with E-state index in [0.717, 1.165) is 43.3 Å². The molecule has 2 fully saturated rings. The first-order valence-electron chi connectivity index (χ1n) is 12.7. The van der Waals surface area contributed by atoms with Crippen LogP contribution in [0, 0.1) is 11.6 Å². The highest BCUT2D eigenvalue weighted by molar-refractivity contribution is 5.95. The molecule has 1 saturated heterocycles. The molecule has 196 valence electrons. The van der Waals surface area contributed by atoms with Crippen LogP contribution in [0.3, 0.4) is 0 Å². The van der Waals surface area contributed by atoms with Crippen LogP contribution in [0.5, 0.6) is 0 Å². The average molecular weight is 512 g/mol. The maximum atomic E-state index is 14.2. The summed E-state index contributed by atoms with van der Waals surface area (Å²) in [6, 6.07) is 8.53. The minimum absolute atomic E-state index is 0.146. The number of carbonyl (C=O) groups is 2. The number of aromatic nitrogens is 2. The molecule has 2 aromatic carbocycles. The lowest BCUT2D eigenvalue weighted by molar-refractivity contribution is -0.120. The number of rotatable bonds is 5. The number of amides is 3. The highest BCUT2D eigenvalue weighted by Gasteiger charge is 2.36. The molecule has 10 heteroatoms. The Kier molecular flexibility index (Phi) is 7.10. The molecule has 0 spiro atoms. The summed E-state index contributed by atoms with van der Waals surface area (Å²) in [5.41, 5.74) is 2.52. The van der Waals surface area contributed by atoms with Crippen molar-refractivity contribution in [3.63, 3.8) is 0 Å². The second kappa shape index (κ2) is 10.5. The SMILES string of the molecule is CNC(=O)Nc1ccc2c(c1)nc([C@@H]1CCCC(=O)N1c1ccc(F)c(F)c1)n2[C@H]1CC[C@H](OC)CC1. The zero-order chi connectivity index (χ0) is 26.1. The third kappa shape index (κ3) is 4.90. The van der Waals surface area contributed by atoms with Crippen LogP contribution < -0.4 is 15.5 Å². The van der Waals surface area contributed by atoms with E-state index in [1.165, 1.54) is 6.07 Å². The van der Waals surface area contributed by atoms with Crippen LogP contribution in [0.15, 0.2) is 36.4 Å². The van der Waals surface area contributed by atoms with E-state index in [9.17, 15) is 18.4 Å². The fourth-order valence-corrected chi connectivity index (χ4v) is 5.62. The van der Waals surface area contributed by atoms with Gasteiger partial charge in [0.15, 0.2) is 11.6 Å². The van der Waals surface area contributed by atoms with Crippen molar-refractivity contribution in [1.82, 2.24) is 14.9 Å². The first-order chi connectivity index (χ1) is 17.9. The number of nitrogens with one attached hydrogen (secondary N) is 2. The predicted octanol–water partition coefficient (Wildman–Crippen LogP) is 5.45. The normalized spacial score (nSPS) is 22.3. The Morgan fingerprint density at radius 2 is 1.84 bits per heavy atom. The summed E-state index contributed by atoms with van der Waals surface area (Å²) in [5, 5.41) is 5.32. The maximum Gasteiger partial charge on any atom is 0.318 e. The number of ether oxygens (including phenoxy) is 1. The third-order valence-electron chi connectivity index (χ3n) is 7.47. The van der Waals surface area contributed by atoms with Crippen molar-refractivity contribution in [3.05, 3.63) is 53.9 Å². The van der Waals surface area contributed by atoms with E-state index in [-0.39, 0.29) is 24.1 Å². The molecule has 8 nitrogen and oxygen atoms in total. The van der Waals surface area contributed by atoms with Crippen LogP contribution in [0.1, 0.15) is 62.9 Å². The van der Waals surface area contributed by atoms with Crippen LogP contribution >= 0.6 is 0 Å². The van der Waals surface area contributed by atoms with E-state index < -0.39 is 17.7 Å². The number of urea groups is 1. The van der Waals surface area contributed by atoms with Gasteiger partial charge in [-0.1, -0.05) is 0 Å². The van der Waals surface area contributed by atoms with Gasteiger partial charge in [0.05, 0.1) is 23.2 Å². The maximum absolute atomic E-state index is 14.2. The molecule has 0 bridgehead atoms. The summed E-state index contributed by atoms with van der Waals surface area (Å²) in [5.74, 6) is -1.38. The first-order valence-corrected chi connectivity index (χ1v) is 12.7. The van der Waals surface area contributed by atoms with Gasteiger partial charge in [0.25, 0.3) is 0 Å². The lowest BCUT2D eigenvalue weighted by atomic mass is 9.92. The van der Waals surface area contributed by atoms with Gasteiger partial charge >= 0.3 is 6.03 Å². The molecule has 2 aliphatic rings. The zero-order valence-electron chi connectivity index (χ0n) is 21.0. The average Bonchev–Trinajstić information content (AvgIpc) is 3.28. The molecule has 0 unspecified atom stereocenters. The van der Waals surface area contributed by atoms with Crippen LogP contribution in [-0.4, -0.2) is 41.8 Å². The number of halogens is 2. The molecule has 2 N–H and O–H groups in total. The van der Waals surface area contributed by atoms with Gasteiger partial charge in [0.2, 0.25) is 5.91 Å². The molecule has 0 radical (unpaired) electrons. The van der Waals surface area contributed by atoms with Gasteiger partial charge in [0.1, 0.15) is 5.82 Å². The fraction of sp³-hybridized carbons (Fsp3) is 0.444. The Bertz CT molecular complexity index is 1320. The number of fused-ring (bicyclic) bond motifs is 1. The van der Waals surface area contributed by atoms with Crippen molar-refractivity contribution in [3.8, 4) is 0 Å². The molecule has 1 saturated carbocycles. The highest BCUT2D eigenvalue weighted by atomic mass is 19.2. The Morgan fingerprint density at radius 1 is 1.05 bits per heavy atom. The minimum atomic E-state index is -0.995. The summed E-state index contributed by atoms with van der Waals surface area (Å²) < 4.78 is 35.7. The number of carbonyl (C=O) groups excluding carboxylic acids is 2. The molecule has 1 aliphatic carbocycles. The van der Waals surface area contributed by atoms with Crippen LogP contribution in [0.2, 0.25) is 0 Å². The number of hydrogen-bond donors (Lipinski definition) is 2. The van der Waals surface area contributed by atoms with Crippen molar-refractivity contribution < 1.29 is 23.1 Å². The molecule has 3 amide bonds. The Labute approximate surface area is 214 Å². The largest absolute Gasteiger partial charge is 0.381 e. The zero-order valence-corrected chi connectivity index (χ0v) is 21.0. The summed E-state index contributed by atoms with van der Waals surface area (Å²) in [6.07, 6.45) is 5.46. The second-order valence-electron chi connectivity index (χ2n) is 9.68. The van der Waals surface area contributed by atoms with E-state index in [0.29, 0.717) is 42.0 Å². The van der Waals surface area contributed by atoms with E-state index in [2.05, 4.69) is 15.2 Å². The van der Waals surface area contributed by atoms with Gasteiger partial charge in [-0.25, -0.2) is 18.6 Å². The molecule has 2 heterocycles. The molecular formula is C27H31F2N5O3. The van der Waals surface area contributed by atoms with Crippen LogP contribution in [-0.2, 0) is 9.53 Å². The van der Waals surface area contributed by atoms with Crippen molar-refractivity contribution >= 4 is 34.3 Å². The first kappa shape index (κ1) is 25.1. The number of anilines is 2. The quantitative estimate of drug-likeness (QED) is 0.477. The summed E-state index contributed by atoms with van der Waals surface area (Å²) in [6.45, 7) is 0. The van der Waals surface area contributed by atoms with E-state index >= 15 is 0 Å². The molecule has 1 aromatic heterocycles. The number of hydrogen-bond acceptors (Lipinski definition) is 4. The topological polar surface area (TPSA) is 88.5 Å². The lowest BCUT2D eigenvalue weighted by Gasteiger charge is -2.37. The minimum Gasteiger partial charge on any atom is -0.381 e. The van der Waals surface area contributed by atoms with E-state index in [1.807, 2.05) is 18.2 Å². The number of benzene rings is 2. The van der Waals surface area contributed by atoms with Crippen LogP contribution in [0.25, 0.3) is 11.0 Å². The van der Waals surface area contributed by atoms with Gasteiger partial charge in [-0.15, -0.1) is 0 Å². The van der Waals surface area contributed by atoms with Crippen molar-refractivity contribution in [2.45, 2.75) is 63.1 Å². The number of methoxy groups -OCH3 is 1. The Hall–Kier alpha value is -3.53. The van der Waals surface area contributed by atoms with Gasteiger partial charge < -0.3 is 24.8 Å². The monoisotopic (exact) mass is 511 g/mol. The van der Waals surface area contributed by atoms with Gasteiger partial charge in [-0.2, -0.15) is 0 Å². The van der Waals surface area contributed by atoms with Crippen molar-refractivity contribution in [2.75, 3.05) is 24.4 Å². The number of nitrogens with zero attached hydrogens (tertiary/aromatic N) is 3. The number of imidazole rings is 1. The summed E-state index contributed by atoms with van der Waals surface area (Å²) in [4.78, 5) is 31.6. The highest BCUT2D eigenvalue weighted by Crippen LogP contribution is 2.41. The van der Waals surface area contributed by atoms with Gasteiger partial charge in [0, 0.05) is 44.1 Å². The standard InChI is InChI=1S/C27H31F2N5O3/c1-30-27(36)31-16-6-13-23-22(14-16)32-26(34(23)17-7-10-19(37-2)11-8-17)24-4-3-5-25(35)33(24)18-9-12-20(28)21(29)15-18/h6,9,12-15,17,19,24H,3-5,7-8,10-11H2,1-2H3,(H2,30,31,36)/t17-,19-,24-/m0/s1. The Morgan fingerprint density at radius 3 is 2.54 bits per heavy atom. The molecular weight excluding hydrogens is 480 g/mol. The predicted molar refractivity (Wildman–Crippen MR) is 137 cm³/mol. The summed E-state index contributed by atoms with van der Waals surface area (Å²) >= 11 is 0. The van der Waals surface area contributed by atoms with Gasteiger partial charge in [-0.05, 0) is 68.9 Å². The molecule has 5 rings (SSSR count). The lowest BCUT2D eigenvalue weighted by Crippen LogP contribution is -2.40. The van der Waals surface area contributed by atoms with Gasteiger partial charge in [-0.3, -0.25) is 4.79 Å². The van der Waals surface area contributed by atoms with E-state index in [1.54, 1.807) is 19.1 Å². The molecule has 1 aliphatic heterocycles. The third-order valence-corrected chi connectivity index (χ3v) is 7.47. The molecule has 3 aromatic rings. The fourth-order valence-electron chi connectivity index (χ4n) is 5.62. The summed E-state index contributed by atoms with van der Waals surface area (Å²) in [7, 11) is 3.28. The second-order valence-corrected chi connectivity index (χ2v) is 9.68. The van der Waals surface area contributed by atoms with Crippen molar-refractivity contribution in [1.29, 1.82) is 0 Å². The Balaban J connectivity index is 1.61. The molecule has 1 atom stereocenters. The number of piperidine rings is 1.